The molecule has 1 aromatic rings. The molecule has 1 unspecified atom stereocenters. The van der Waals surface area contributed by atoms with E-state index in [1.54, 1.807) is 7.11 Å². The van der Waals surface area contributed by atoms with Crippen molar-refractivity contribution in [2.24, 2.45) is 0 Å². The number of fused-ring (bicyclic) bond motifs is 1. The Morgan fingerprint density at radius 2 is 2.24 bits per heavy atom. The van der Waals surface area contributed by atoms with Crippen LogP contribution in [0.2, 0.25) is 0 Å². The number of carbonyl (C=O) groups excluding carboxylic acids is 1. The summed E-state index contributed by atoms with van der Waals surface area (Å²) in [6, 6.07) is 6.70. The average Bonchev–Trinajstić information content (AvgIpc) is 3.26. The third-order valence-corrected chi connectivity index (χ3v) is 4.13. The molecule has 1 heterocycles. The molecule has 2 aliphatic rings. The molecule has 3 rings (SSSR count). The second-order valence-electron chi connectivity index (χ2n) is 5.67. The summed E-state index contributed by atoms with van der Waals surface area (Å²) in [4.78, 5) is 14.4. The molecule has 5 heteroatoms. The van der Waals surface area contributed by atoms with Crippen LogP contribution in [0.1, 0.15) is 31.4 Å². The largest absolute Gasteiger partial charge is 0.383 e. The maximum Gasteiger partial charge on any atom is 0.246 e. The lowest BCUT2D eigenvalue weighted by atomic mass is 10.1. The number of nitrogens with one attached hydrogen (secondary N) is 2. The molecular weight excluding hydrogens is 266 g/mol. The van der Waals surface area contributed by atoms with Gasteiger partial charge in [0.1, 0.15) is 6.04 Å². The van der Waals surface area contributed by atoms with Crippen molar-refractivity contribution >= 4 is 17.3 Å². The van der Waals surface area contributed by atoms with Gasteiger partial charge in [-0.25, -0.2) is 0 Å². The Hall–Kier alpha value is -1.59. The fourth-order valence-corrected chi connectivity index (χ4v) is 2.93. The van der Waals surface area contributed by atoms with Gasteiger partial charge in [-0.3, -0.25) is 4.79 Å². The van der Waals surface area contributed by atoms with Crippen LogP contribution in [0, 0.1) is 0 Å². The van der Waals surface area contributed by atoms with E-state index in [-0.39, 0.29) is 11.9 Å². The highest BCUT2D eigenvalue weighted by atomic mass is 16.5. The van der Waals surface area contributed by atoms with Gasteiger partial charge in [-0.1, -0.05) is 13.0 Å². The molecule has 1 aliphatic heterocycles. The lowest BCUT2D eigenvalue weighted by Gasteiger charge is -2.25. The summed E-state index contributed by atoms with van der Waals surface area (Å²) < 4.78 is 5.21. The van der Waals surface area contributed by atoms with Crippen molar-refractivity contribution in [1.82, 2.24) is 5.32 Å². The van der Waals surface area contributed by atoms with Crippen LogP contribution < -0.4 is 15.5 Å². The number of nitrogens with zero attached hydrogens (tertiary/aromatic N) is 1. The molecule has 5 nitrogen and oxygen atoms in total. The minimum Gasteiger partial charge on any atom is -0.383 e. The average molecular weight is 289 g/mol. The SMILES string of the molecule is CCNC1C(=O)Nc2cc(N(CCOC)C3CC3)ccc21. The lowest BCUT2D eigenvalue weighted by Crippen LogP contribution is -2.29. The predicted molar refractivity (Wildman–Crippen MR) is 83.7 cm³/mol. The molecule has 1 amide bonds. The lowest BCUT2D eigenvalue weighted by molar-refractivity contribution is -0.117. The van der Waals surface area contributed by atoms with Gasteiger partial charge in [0.05, 0.1) is 6.61 Å². The summed E-state index contributed by atoms with van der Waals surface area (Å²) >= 11 is 0. The third-order valence-electron chi connectivity index (χ3n) is 4.13. The molecule has 1 fully saturated rings. The van der Waals surface area contributed by atoms with E-state index in [2.05, 4.69) is 33.7 Å². The summed E-state index contributed by atoms with van der Waals surface area (Å²) in [6.45, 7) is 4.41. The standard InChI is InChI=1S/C16H23N3O2/c1-3-17-15-13-7-6-12(10-14(13)18-16(15)20)19(8-9-21-2)11-4-5-11/h6-7,10-11,15,17H,3-5,8-9H2,1-2H3,(H,18,20). The van der Waals surface area contributed by atoms with Crippen molar-refractivity contribution in [2.45, 2.75) is 31.8 Å². The monoisotopic (exact) mass is 289 g/mol. The van der Waals surface area contributed by atoms with Crippen molar-refractivity contribution in [3.05, 3.63) is 23.8 Å². The Morgan fingerprint density at radius 3 is 2.90 bits per heavy atom. The smallest absolute Gasteiger partial charge is 0.246 e. The van der Waals surface area contributed by atoms with Crippen molar-refractivity contribution in [2.75, 3.05) is 37.0 Å². The number of carbonyl (C=O) groups is 1. The molecular formula is C16H23N3O2. The molecule has 0 spiro atoms. The first-order valence-electron chi connectivity index (χ1n) is 7.68. The van der Waals surface area contributed by atoms with Gasteiger partial charge in [0.2, 0.25) is 5.91 Å². The quantitative estimate of drug-likeness (QED) is 0.805. The van der Waals surface area contributed by atoms with Crippen molar-refractivity contribution < 1.29 is 9.53 Å². The highest BCUT2D eigenvalue weighted by Crippen LogP contribution is 2.37. The number of likely N-dealkylation sites (N-methyl/N-ethyl adjacent to an activating group) is 1. The van der Waals surface area contributed by atoms with E-state index in [4.69, 9.17) is 4.74 Å². The van der Waals surface area contributed by atoms with Crippen LogP contribution in [0.4, 0.5) is 11.4 Å². The van der Waals surface area contributed by atoms with E-state index in [1.807, 2.05) is 6.92 Å². The van der Waals surface area contributed by atoms with Crippen LogP contribution in [0.15, 0.2) is 18.2 Å². The van der Waals surface area contributed by atoms with Crippen LogP contribution >= 0.6 is 0 Å². The maximum atomic E-state index is 12.0. The van der Waals surface area contributed by atoms with E-state index in [1.165, 1.54) is 18.5 Å². The van der Waals surface area contributed by atoms with Crippen LogP contribution in [-0.2, 0) is 9.53 Å². The molecule has 0 saturated heterocycles. The maximum absolute atomic E-state index is 12.0. The third kappa shape index (κ3) is 2.89. The molecule has 114 valence electrons. The Bertz CT molecular complexity index is 528. The fourth-order valence-electron chi connectivity index (χ4n) is 2.93. The van der Waals surface area contributed by atoms with E-state index in [9.17, 15) is 4.79 Å². The molecule has 21 heavy (non-hydrogen) atoms. The highest BCUT2D eigenvalue weighted by Gasteiger charge is 2.32. The highest BCUT2D eigenvalue weighted by molar-refractivity contribution is 6.03. The van der Waals surface area contributed by atoms with E-state index in [0.29, 0.717) is 6.04 Å². The van der Waals surface area contributed by atoms with Gasteiger partial charge in [-0.05, 0) is 31.5 Å². The summed E-state index contributed by atoms with van der Waals surface area (Å²) in [6.07, 6.45) is 2.49. The van der Waals surface area contributed by atoms with E-state index < -0.39 is 0 Å². The normalized spacial score (nSPS) is 20.3. The molecule has 2 N–H and O–H groups in total. The van der Waals surface area contributed by atoms with Crippen LogP contribution in [0.3, 0.4) is 0 Å². The Kier molecular flexibility index (Phi) is 4.12. The van der Waals surface area contributed by atoms with Gasteiger partial charge in [-0.15, -0.1) is 0 Å². The zero-order valence-electron chi connectivity index (χ0n) is 12.7. The number of hydrogen-bond acceptors (Lipinski definition) is 4. The zero-order chi connectivity index (χ0) is 14.8. The molecule has 0 bridgehead atoms. The topological polar surface area (TPSA) is 53.6 Å². The number of methoxy groups -OCH3 is 1. The number of hydrogen-bond donors (Lipinski definition) is 2. The Labute approximate surface area is 125 Å². The first-order valence-corrected chi connectivity index (χ1v) is 7.68. The summed E-state index contributed by atoms with van der Waals surface area (Å²) in [5.74, 6) is 0.0406. The van der Waals surface area contributed by atoms with Gasteiger partial charge in [0, 0.05) is 36.6 Å². The molecule has 1 atom stereocenters. The molecule has 1 aromatic carbocycles. The zero-order valence-corrected chi connectivity index (χ0v) is 12.7. The fraction of sp³-hybridized carbons (Fsp3) is 0.562. The summed E-state index contributed by atoms with van der Waals surface area (Å²) in [7, 11) is 1.73. The minimum absolute atomic E-state index is 0.0406. The number of amides is 1. The summed E-state index contributed by atoms with van der Waals surface area (Å²) in [5, 5.41) is 6.21. The van der Waals surface area contributed by atoms with Gasteiger partial charge >= 0.3 is 0 Å². The van der Waals surface area contributed by atoms with Crippen LogP contribution in [0.5, 0.6) is 0 Å². The predicted octanol–water partition coefficient (Wildman–Crippen LogP) is 1.90. The van der Waals surface area contributed by atoms with Gasteiger partial charge < -0.3 is 20.3 Å². The van der Waals surface area contributed by atoms with Crippen LogP contribution in [-0.4, -0.2) is 38.8 Å². The number of ether oxygens (including phenoxy) is 1. The van der Waals surface area contributed by atoms with E-state index >= 15 is 0 Å². The number of anilines is 2. The van der Waals surface area contributed by atoms with E-state index in [0.717, 1.165) is 30.9 Å². The first-order chi connectivity index (χ1) is 10.2. The Morgan fingerprint density at radius 1 is 1.43 bits per heavy atom. The van der Waals surface area contributed by atoms with Crippen molar-refractivity contribution in [3.8, 4) is 0 Å². The molecule has 0 aromatic heterocycles. The second kappa shape index (κ2) is 6.03. The van der Waals surface area contributed by atoms with Crippen molar-refractivity contribution in [1.29, 1.82) is 0 Å². The minimum atomic E-state index is -0.215. The molecule has 1 aliphatic carbocycles. The summed E-state index contributed by atoms with van der Waals surface area (Å²) in [5.41, 5.74) is 3.16. The first kappa shape index (κ1) is 14.4. The van der Waals surface area contributed by atoms with Gasteiger partial charge in [0.15, 0.2) is 0 Å². The molecule has 0 radical (unpaired) electrons. The second-order valence-corrected chi connectivity index (χ2v) is 5.67. The van der Waals surface area contributed by atoms with Crippen LogP contribution in [0.25, 0.3) is 0 Å². The number of rotatable bonds is 7. The van der Waals surface area contributed by atoms with Gasteiger partial charge in [0.25, 0.3) is 0 Å². The number of benzene rings is 1. The Balaban J connectivity index is 1.82. The molecule has 1 saturated carbocycles. The van der Waals surface area contributed by atoms with Gasteiger partial charge in [-0.2, -0.15) is 0 Å². The van der Waals surface area contributed by atoms with Crippen molar-refractivity contribution in [3.63, 3.8) is 0 Å².